The molecule has 96 valence electrons. The Labute approximate surface area is 110 Å². The molecule has 0 aromatic heterocycles. The lowest BCUT2D eigenvalue weighted by atomic mass is 10.0. The van der Waals surface area contributed by atoms with Crippen LogP contribution in [-0.4, -0.2) is 27.4 Å². The van der Waals surface area contributed by atoms with E-state index in [1.54, 1.807) is 0 Å². The zero-order valence-electron chi connectivity index (χ0n) is 15.6. The van der Waals surface area contributed by atoms with Gasteiger partial charge in [-0.1, -0.05) is 6.07 Å². The molecule has 4 N–H and O–H groups in total. The molecule has 0 bridgehead atoms. The summed E-state index contributed by atoms with van der Waals surface area (Å²) in [6.07, 6.45) is -1.20. The highest BCUT2D eigenvalue weighted by Gasteiger charge is 2.14. The van der Waals surface area contributed by atoms with Crippen LogP contribution in [-0.2, 0) is 6.61 Å². The lowest BCUT2D eigenvalue weighted by Gasteiger charge is -2.23. The number of rotatable bonds is 4. The van der Waals surface area contributed by atoms with E-state index in [1.165, 1.54) is 18.2 Å². The lowest BCUT2D eigenvalue weighted by Crippen LogP contribution is -2.38. The normalized spacial score (nSPS) is 20.4. The summed E-state index contributed by atoms with van der Waals surface area (Å²) in [7, 11) is 0. The van der Waals surface area contributed by atoms with Crippen LogP contribution in [0.5, 0.6) is 5.75 Å². The van der Waals surface area contributed by atoms with Crippen molar-refractivity contribution >= 4 is 0 Å². The van der Waals surface area contributed by atoms with Gasteiger partial charge in [-0.2, -0.15) is 0 Å². The predicted molar refractivity (Wildman–Crippen MR) is 66.7 cm³/mol. The van der Waals surface area contributed by atoms with Crippen LogP contribution in [0.4, 0.5) is 0 Å². The summed E-state index contributed by atoms with van der Waals surface area (Å²) in [6.45, 7) is -5.28. The van der Waals surface area contributed by atoms with Gasteiger partial charge in [-0.25, -0.2) is 0 Å². The van der Waals surface area contributed by atoms with Gasteiger partial charge in [0.1, 0.15) is 5.75 Å². The van der Waals surface area contributed by atoms with Crippen LogP contribution < -0.4 is 5.32 Å². The van der Waals surface area contributed by atoms with Crippen LogP contribution in [0, 0.1) is 0 Å². The Morgan fingerprint density at radius 1 is 1.47 bits per heavy atom. The molecule has 1 aromatic carbocycles. The quantitative estimate of drug-likeness (QED) is 0.645. The van der Waals surface area contributed by atoms with Gasteiger partial charge in [-0.05, 0) is 38.3 Å². The Bertz CT molecular complexity index is 529. The van der Waals surface area contributed by atoms with Crippen LogP contribution in [0.15, 0.2) is 18.2 Å². The van der Waals surface area contributed by atoms with Crippen molar-refractivity contribution in [2.75, 3.05) is 6.54 Å². The SMILES string of the molecule is [2H]C([2H])([2H])C(C)(NCC(O)c1ccc(O)c(CO)c1)C([2H])([2H])[2H]. The minimum atomic E-state index is -2.80. The third-order valence-corrected chi connectivity index (χ3v) is 2.31. The average molecular weight is 245 g/mol. The van der Waals surface area contributed by atoms with Crippen molar-refractivity contribution in [1.82, 2.24) is 5.32 Å². The third kappa shape index (κ3) is 4.34. The van der Waals surface area contributed by atoms with Crippen molar-refractivity contribution in [2.45, 2.75) is 38.9 Å². The molecule has 0 aliphatic rings. The summed E-state index contributed by atoms with van der Waals surface area (Å²) in [5.74, 6) is -0.133. The Hall–Kier alpha value is -1.10. The van der Waals surface area contributed by atoms with E-state index in [2.05, 4.69) is 5.32 Å². The Balaban J connectivity index is 2.95. The molecule has 0 aliphatic heterocycles. The number of aromatic hydroxyl groups is 1. The number of aliphatic hydroxyl groups excluding tert-OH is 2. The second-order valence-electron chi connectivity index (χ2n) is 4.07. The molecule has 4 nitrogen and oxygen atoms in total. The molecule has 0 fully saturated rings. The number of hydrogen-bond donors (Lipinski definition) is 4. The maximum absolute atomic E-state index is 10.1. The first-order valence-electron chi connectivity index (χ1n) is 8.19. The summed E-state index contributed by atoms with van der Waals surface area (Å²) in [4.78, 5) is 0. The molecule has 0 radical (unpaired) electrons. The molecule has 0 amide bonds. The maximum Gasteiger partial charge on any atom is 0.121 e. The topological polar surface area (TPSA) is 72.7 Å². The molecule has 0 spiro atoms. The first-order chi connectivity index (χ1) is 10.3. The smallest absolute Gasteiger partial charge is 0.121 e. The second kappa shape index (κ2) is 5.49. The zero-order valence-corrected chi connectivity index (χ0v) is 9.57. The lowest BCUT2D eigenvalue weighted by molar-refractivity contribution is 0.163. The number of hydrogen-bond acceptors (Lipinski definition) is 4. The summed E-state index contributed by atoms with van der Waals surface area (Å²) in [5, 5.41) is 31.1. The fourth-order valence-electron chi connectivity index (χ4n) is 1.36. The molecular formula is C13H21NO3. The van der Waals surface area contributed by atoms with Gasteiger partial charge in [0.25, 0.3) is 0 Å². The highest BCUT2D eigenvalue weighted by atomic mass is 16.3. The first kappa shape index (κ1) is 7.36. The minimum Gasteiger partial charge on any atom is -0.508 e. The number of nitrogens with one attached hydrogen (secondary N) is 1. The molecule has 1 aromatic rings. The Morgan fingerprint density at radius 3 is 2.76 bits per heavy atom. The summed E-state index contributed by atoms with van der Waals surface area (Å²) < 4.78 is 44.7. The van der Waals surface area contributed by atoms with Crippen LogP contribution in [0.3, 0.4) is 0 Å². The van der Waals surface area contributed by atoms with Gasteiger partial charge in [0.2, 0.25) is 0 Å². The summed E-state index contributed by atoms with van der Waals surface area (Å²) in [5.41, 5.74) is -1.66. The van der Waals surface area contributed by atoms with Gasteiger partial charge in [0, 0.05) is 25.9 Å². The van der Waals surface area contributed by atoms with E-state index in [4.69, 9.17) is 13.3 Å². The van der Waals surface area contributed by atoms with Crippen molar-refractivity contribution in [3.05, 3.63) is 29.3 Å². The maximum atomic E-state index is 10.1. The molecular weight excluding hydrogens is 218 g/mol. The van der Waals surface area contributed by atoms with Crippen molar-refractivity contribution in [2.24, 2.45) is 0 Å². The molecule has 4 heteroatoms. The molecule has 1 rings (SSSR count). The molecule has 0 heterocycles. The average Bonchev–Trinajstić information content (AvgIpc) is 2.42. The molecule has 1 unspecified atom stereocenters. The van der Waals surface area contributed by atoms with E-state index in [0.29, 0.717) is 5.56 Å². The van der Waals surface area contributed by atoms with Crippen LogP contribution in [0.25, 0.3) is 0 Å². The zero-order chi connectivity index (χ0) is 18.1. The number of aliphatic hydroxyl groups is 2. The largest absolute Gasteiger partial charge is 0.508 e. The minimum absolute atomic E-state index is 0.133. The fourth-order valence-corrected chi connectivity index (χ4v) is 1.36. The molecule has 0 saturated heterocycles. The molecule has 0 aliphatic carbocycles. The monoisotopic (exact) mass is 245 g/mol. The van der Waals surface area contributed by atoms with Crippen molar-refractivity contribution < 1.29 is 23.5 Å². The summed E-state index contributed by atoms with van der Waals surface area (Å²) in [6, 6.07) is 4.06. The van der Waals surface area contributed by atoms with Crippen molar-refractivity contribution in [1.29, 1.82) is 0 Å². The number of phenols is 1. The summed E-state index contributed by atoms with van der Waals surface area (Å²) >= 11 is 0. The second-order valence-corrected chi connectivity index (χ2v) is 4.07. The van der Waals surface area contributed by atoms with Gasteiger partial charge < -0.3 is 20.6 Å². The van der Waals surface area contributed by atoms with E-state index in [0.717, 1.165) is 6.92 Å². The fraction of sp³-hybridized carbons (Fsp3) is 0.538. The standard InChI is InChI=1S/C13H21NO3/c1-13(2,3)14-7-12(17)9-4-5-11(16)10(6-9)8-15/h4-6,12,14-17H,7-8H2,1-3H3/i1D3,2D3. The Kier molecular flexibility index (Phi) is 2.38. The highest BCUT2D eigenvalue weighted by molar-refractivity contribution is 5.36. The first-order valence-corrected chi connectivity index (χ1v) is 5.19. The van der Waals surface area contributed by atoms with Crippen LogP contribution in [0.2, 0.25) is 0 Å². The van der Waals surface area contributed by atoms with E-state index < -0.39 is 32.0 Å². The number of benzene rings is 1. The Morgan fingerprint density at radius 2 is 2.18 bits per heavy atom. The highest BCUT2D eigenvalue weighted by Crippen LogP contribution is 2.22. The van der Waals surface area contributed by atoms with Crippen LogP contribution in [0.1, 0.15) is 46.1 Å². The predicted octanol–water partition coefficient (Wildman–Crippen LogP) is 1.31. The van der Waals surface area contributed by atoms with Gasteiger partial charge in [0.05, 0.1) is 12.7 Å². The molecule has 17 heavy (non-hydrogen) atoms. The third-order valence-electron chi connectivity index (χ3n) is 2.31. The van der Waals surface area contributed by atoms with Gasteiger partial charge in [-0.3, -0.25) is 0 Å². The number of β-amino-alcohol motifs (C(OH)–C–C–N with tert-alkyl or cyclic N) is 1. The van der Waals surface area contributed by atoms with Gasteiger partial charge in [0.15, 0.2) is 0 Å². The van der Waals surface area contributed by atoms with E-state index in [1.807, 2.05) is 0 Å². The van der Waals surface area contributed by atoms with Crippen molar-refractivity contribution in [3.8, 4) is 5.75 Å². The van der Waals surface area contributed by atoms with E-state index >= 15 is 0 Å². The van der Waals surface area contributed by atoms with Crippen LogP contribution >= 0.6 is 0 Å². The van der Waals surface area contributed by atoms with E-state index in [9.17, 15) is 10.2 Å². The van der Waals surface area contributed by atoms with E-state index in [-0.39, 0.29) is 17.9 Å². The van der Waals surface area contributed by atoms with Crippen molar-refractivity contribution in [3.63, 3.8) is 0 Å². The van der Waals surface area contributed by atoms with Gasteiger partial charge >= 0.3 is 0 Å². The molecule has 0 saturated carbocycles. The molecule has 1 atom stereocenters. The van der Waals surface area contributed by atoms with Gasteiger partial charge in [-0.15, -0.1) is 0 Å².